The van der Waals surface area contributed by atoms with E-state index in [1.54, 1.807) is 12.4 Å². The number of esters is 1. The number of hydrogen-bond donors (Lipinski definition) is 0. The van der Waals surface area contributed by atoms with Gasteiger partial charge in [0.15, 0.2) is 0 Å². The lowest BCUT2D eigenvalue weighted by molar-refractivity contribution is -0.141. The molecule has 0 aromatic carbocycles. The highest BCUT2D eigenvalue weighted by Crippen LogP contribution is 2.19. The minimum Gasteiger partial charge on any atom is -0.468 e. The summed E-state index contributed by atoms with van der Waals surface area (Å²) in [7, 11) is 1.33. The Labute approximate surface area is 114 Å². The van der Waals surface area contributed by atoms with Crippen LogP contribution in [0, 0.1) is 6.92 Å². The second-order valence-electron chi connectivity index (χ2n) is 3.85. The lowest BCUT2D eigenvalue weighted by Gasteiger charge is -2.03. The Morgan fingerprint density at radius 2 is 2.32 bits per heavy atom. The molecule has 7 nitrogen and oxygen atoms in total. The predicted molar refractivity (Wildman–Crippen MR) is 68.4 cm³/mol. The molecule has 100 valence electrons. The minimum absolute atomic E-state index is 0.0118. The maximum absolute atomic E-state index is 11.2. The van der Waals surface area contributed by atoms with Crippen LogP contribution in [0.2, 0.25) is 0 Å². The molecule has 2 aromatic rings. The summed E-state index contributed by atoms with van der Waals surface area (Å²) in [5.74, 6) is 0.308. The van der Waals surface area contributed by atoms with E-state index in [0.717, 1.165) is 11.1 Å². The van der Waals surface area contributed by atoms with Crippen molar-refractivity contribution < 1.29 is 9.53 Å². The van der Waals surface area contributed by atoms with Crippen molar-refractivity contribution in [1.29, 1.82) is 0 Å². The normalized spacial score (nSPS) is 10.4. The molecule has 0 fully saturated rings. The maximum atomic E-state index is 11.2. The number of tetrazole rings is 1. The van der Waals surface area contributed by atoms with Gasteiger partial charge in [-0.15, -0.1) is 5.10 Å². The van der Waals surface area contributed by atoms with Gasteiger partial charge in [0.05, 0.1) is 7.11 Å². The van der Waals surface area contributed by atoms with E-state index in [9.17, 15) is 4.79 Å². The van der Waals surface area contributed by atoms with Crippen LogP contribution in [0.25, 0.3) is 0 Å². The molecule has 0 spiro atoms. The van der Waals surface area contributed by atoms with E-state index in [2.05, 4.69) is 31.3 Å². The molecular formula is C11H13N5O2S. The molecule has 0 aliphatic carbocycles. The molecule has 0 aliphatic rings. The minimum atomic E-state index is -0.383. The summed E-state index contributed by atoms with van der Waals surface area (Å²) in [4.78, 5) is 15.3. The molecule has 2 heterocycles. The first-order valence-corrected chi connectivity index (χ1v) is 6.54. The standard InChI is InChI=1S/C11H13N5O2S/c1-8-3-9(5-12-4-8)7-19-11-13-14-15-16(11)6-10(17)18-2/h3-5H,6-7H2,1-2H3. The fourth-order valence-electron chi connectivity index (χ4n) is 1.43. The van der Waals surface area contributed by atoms with Gasteiger partial charge >= 0.3 is 5.97 Å². The van der Waals surface area contributed by atoms with E-state index in [1.807, 2.05) is 6.92 Å². The summed E-state index contributed by atoms with van der Waals surface area (Å²) in [6.45, 7) is 2.00. The molecule has 0 saturated heterocycles. The lowest BCUT2D eigenvalue weighted by atomic mass is 10.2. The molecular weight excluding hydrogens is 266 g/mol. The van der Waals surface area contributed by atoms with Gasteiger partial charge in [-0.1, -0.05) is 17.8 Å². The quantitative estimate of drug-likeness (QED) is 0.592. The Bertz CT molecular complexity index is 572. The van der Waals surface area contributed by atoms with Gasteiger partial charge in [0, 0.05) is 18.1 Å². The number of rotatable bonds is 5. The van der Waals surface area contributed by atoms with Gasteiger partial charge in [0.1, 0.15) is 6.54 Å². The highest BCUT2D eigenvalue weighted by Gasteiger charge is 2.11. The Balaban J connectivity index is 2.00. The van der Waals surface area contributed by atoms with Gasteiger partial charge < -0.3 is 4.74 Å². The number of methoxy groups -OCH3 is 1. The largest absolute Gasteiger partial charge is 0.468 e. The third kappa shape index (κ3) is 3.75. The van der Waals surface area contributed by atoms with E-state index in [-0.39, 0.29) is 12.5 Å². The van der Waals surface area contributed by atoms with Gasteiger partial charge in [0.25, 0.3) is 0 Å². The van der Waals surface area contributed by atoms with Crippen LogP contribution < -0.4 is 0 Å². The number of ether oxygens (including phenoxy) is 1. The average molecular weight is 279 g/mol. The summed E-state index contributed by atoms with van der Waals surface area (Å²) in [6, 6.07) is 2.05. The number of hydrogen-bond acceptors (Lipinski definition) is 7. The van der Waals surface area contributed by atoms with Crippen molar-refractivity contribution in [3.05, 3.63) is 29.6 Å². The Morgan fingerprint density at radius 1 is 1.47 bits per heavy atom. The van der Waals surface area contributed by atoms with Crippen molar-refractivity contribution >= 4 is 17.7 Å². The van der Waals surface area contributed by atoms with Gasteiger partial charge in [-0.2, -0.15) is 0 Å². The number of nitrogens with zero attached hydrogens (tertiary/aromatic N) is 5. The Kier molecular flexibility index (Phi) is 4.45. The molecule has 0 unspecified atom stereocenters. The zero-order valence-corrected chi connectivity index (χ0v) is 11.4. The third-order valence-electron chi connectivity index (χ3n) is 2.31. The van der Waals surface area contributed by atoms with Crippen LogP contribution in [-0.2, 0) is 21.8 Å². The van der Waals surface area contributed by atoms with Gasteiger partial charge in [-0.05, 0) is 28.5 Å². The third-order valence-corrected chi connectivity index (χ3v) is 3.33. The van der Waals surface area contributed by atoms with Crippen molar-refractivity contribution in [2.45, 2.75) is 24.4 Å². The second kappa shape index (κ2) is 6.28. The molecule has 0 atom stereocenters. The molecule has 0 aliphatic heterocycles. The van der Waals surface area contributed by atoms with Gasteiger partial charge in [0.2, 0.25) is 5.16 Å². The van der Waals surface area contributed by atoms with Crippen molar-refractivity contribution in [3.8, 4) is 0 Å². The van der Waals surface area contributed by atoms with Crippen LogP contribution in [0.15, 0.2) is 23.6 Å². The number of carbonyl (C=O) groups excluding carboxylic acids is 1. The van der Waals surface area contributed by atoms with Crippen LogP contribution in [-0.4, -0.2) is 38.3 Å². The summed E-state index contributed by atoms with van der Waals surface area (Å²) in [5, 5.41) is 11.8. The molecule has 0 bridgehead atoms. The molecule has 0 saturated carbocycles. The number of thioether (sulfide) groups is 1. The summed E-state index contributed by atoms with van der Waals surface area (Å²) >= 11 is 1.45. The predicted octanol–water partition coefficient (Wildman–Crippen LogP) is 0.842. The molecule has 8 heteroatoms. The fourth-order valence-corrected chi connectivity index (χ4v) is 2.23. The van der Waals surface area contributed by atoms with Gasteiger partial charge in [-0.3, -0.25) is 9.78 Å². The Morgan fingerprint density at radius 3 is 3.05 bits per heavy atom. The first-order chi connectivity index (χ1) is 9.19. The van der Waals surface area contributed by atoms with E-state index < -0.39 is 0 Å². The molecule has 0 amide bonds. The molecule has 19 heavy (non-hydrogen) atoms. The van der Waals surface area contributed by atoms with E-state index in [0.29, 0.717) is 10.9 Å². The summed E-state index contributed by atoms with van der Waals surface area (Å²) in [6.07, 6.45) is 3.60. The fraction of sp³-hybridized carbons (Fsp3) is 0.364. The van der Waals surface area contributed by atoms with E-state index in [4.69, 9.17) is 0 Å². The Hall–Kier alpha value is -1.96. The van der Waals surface area contributed by atoms with Crippen LogP contribution in [0.1, 0.15) is 11.1 Å². The maximum Gasteiger partial charge on any atom is 0.327 e. The van der Waals surface area contributed by atoms with Crippen molar-refractivity contribution in [1.82, 2.24) is 25.2 Å². The number of aryl methyl sites for hydroxylation is 1. The first kappa shape index (κ1) is 13.5. The molecule has 0 radical (unpaired) electrons. The number of pyridine rings is 1. The van der Waals surface area contributed by atoms with Crippen molar-refractivity contribution in [2.24, 2.45) is 0 Å². The summed E-state index contributed by atoms with van der Waals surface area (Å²) in [5.41, 5.74) is 2.19. The monoisotopic (exact) mass is 279 g/mol. The smallest absolute Gasteiger partial charge is 0.327 e. The number of carbonyl (C=O) groups is 1. The summed E-state index contributed by atoms with van der Waals surface area (Å²) < 4.78 is 6.00. The average Bonchev–Trinajstić information content (AvgIpc) is 2.83. The highest BCUT2D eigenvalue weighted by molar-refractivity contribution is 7.98. The first-order valence-electron chi connectivity index (χ1n) is 5.55. The lowest BCUT2D eigenvalue weighted by Crippen LogP contribution is -2.13. The van der Waals surface area contributed by atoms with E-state index in [1.165, 1.54) is 23.6 Å². The van der Waals surface area contributed by atoms with Crippen molar-refractivity contribution in [2.75, 3.05) is 7.11 Å². The highest BCUT2D eigenvalue weighted by atomic mass is 32.2. The van der Waals surface area contributed by atoms with Crippen LogP contribution in [0.3, 0.4) is 0 Å². The molecule has 2 aromatic heterocycles. The van der Waals surface area contributed by atoms with Crippen LogP contribution in [0.5, 0.6) is 0 Å². The van der Waals surface area contributed by atoms with Crippen molar-refractivity contribution in [3.63, 3.8) is 0 Å². The molecule has 0 N–H and O–H groups in total. The topological polar surface area (TPSA) is 82.8 Å². The zero-order chi connectivity index (χ0) is 13.7. The van der Waals surface area contributed by atoms with Crippen LogP contribution >= 0.6 is 11.8 Å². The second-order valence-corrected chi connectivity index (χ2v) is 4.80. The van der Waals surface area contributed by atoms with E-state index >= 15 is 0 Å². The SMILES string of the molecule is COC(=O)Cn1nnnc1SCc1cncc(C)c1. The van der Waals surface area contributed by atoms with Crippen LogP contribution in [0.4, 0.5) is 0 Å². The van der Waals surface area contributed by atoms with Gasteiger partial charge in [-0.25, -0.2) is 4.68 Å². The molecule has 2 rings (SSSR count). The zero-order valence-electron chi connectivity index (χ0n) is 10.6. The number of aromatic nitrogens is 5.